The lowest BCUT2D eigenvalue weighted by Crippen LogP contribution is -2.34. The Kier molecular flexibility index (Phi) is 3.46. The van der Waals surface area contributed by atoms with E-state index in [1.165, 1.54) is 0 Å². The van der Waals surface area contributed by atoms with Crippen molar-refractivity contribution in [1.82, 2.24) is 9.97 Å². The van der Waals surface area contributed by atoms with E-state index in [2.05, 4.69) is 30.8 Å². The first kappa shape index (κ1) is 12.5. The summed E-state index contributed by atoms with van der Waals surface area (Å²) >= 11 is 3.42. The molecule has 0 aliphatic carbocycles. The number of pyridine rings is 2. The topological polar surface area (TPSA) is 46.1 Å². The predicted octanol–water partition coefficient (Wildman–Crippen LogP) is 2.81. The van der Waals surface area contributed by atoms with Crippen LogP contribution < -0.4 is 4.90 Å². The van der Waals surface area contributed by atoms with Gasteiger partial charge in [-0.3, -0.25) is 9.97 Å². The Balaban J connectivity index is 1.95. The van der Waals surface area contributed by atoms with Crippen molar-refractivity contribution in [2.24, 2.45) is 5.92 Å². The summed E-state index contributed by atoms with van der Waals surface area (Å²) in [6.07, 6.45) is 6.54. The molecule has 1 aliphatic rings. The van der Waals surface area contributed by atoms with Gasteiger partial charge in [0.15, 0.2) is 0 Å². The zero-order valence-corrected chi connectivity index (χ0v) is 12.0. The highest BCUT2D eigenvalue weighted by atomic mass is 79.9. The molecule has 2 aromatic heterocycles. The van der Waals surface area contributed by atoms with E-state index < -0.39 is 0 Å². The quantitative estimate of drug-likeness (QED) is 0.798. The summed E-state index contributed by atoms with van der Waals surface area (Å²) in [5.74, 6) is 0.214. The average molecular weight is 320 g/mol. The first-order chi connectivity index (χ1) is 9.28. The van der Waals surface area contributed by atoms with Crippen molar-refractivity contribution in [3.8, 4) is 0 Å². The number of aromatic nitrogens is 2. The summed E-state index contributed by atoms with van der Waals surface area (Å²) in [6.45, 7) is 1.81. The standard InChI is InChI=1S/C14H14BrN3O/c15-11-7-12-14(17-8-11)13(1-4-16-12)18-5-2-10(9-19)3-6-18/h1,4,7-10H,2-3,5-6H2. The second-order valence-corrected chi connectivity index (χ2v) is 5.73. The zero-order valence-electron chi connectivity index (χ0n) is 10.4. The van der Waals surface area contributed by atoms with Gasteiger partial charge in [0.25, 0.3) is 0 Å². The highest BCUT2D eigenvalue weighted by Gasteiger charge is 2.20. The fourth-order valence-corrected chi connectivity index (χ4v) is 2.84. The third kappa shape index (κ3) is 2.47. The van der Waals surface area contributed by atoms with Crippen LogP contribution in [0.25, 0.3) is 11.0 Å². The summed E-state index contributed by atoms with van der Waals surface area (Å²) in [7, 11) is 0. The van der Waals surface area contributed by atoms with Crippen LogP contribution in [-0.2, 0) is 4.79 Å². The highest BCUT2D eigenvalue weighted by molar-refractivity contribution is 9.10. The van der Waals surface area contributed by atoms with E-state index >= 15 is 0 Å². The number of rotatable bonds is 2. The van der Waals surface area contributed by atoms with E-state index in [0.717, 1.165) is 53.4 Å². The predicted molar refractivity (Wildman–Crippen MR) is 78.2 cm³/mol. The van der Waals surface area contributed by atoms with Gasteiger partial charge in [0, 0.05) is 35.9 Å². The second-order valence-electron chi connectivity index (χ2n) is 4.81. The van der Waals surface area contributed by atoms with Crippen molar-refractivity contribution < 1.29 is 4.79 Å². The van der Waals surface area contributed by atoms with Gasteiger partial charge in [-0.05, 0) is 40.9 Å². The zero-order chi connectivity index (χ0) is 13.2. The minimum atomic E-state index is 0.214. The maximum Gasteiger partial charge on any atom is 0.123 e. The van der Waals surface area contributed by atoms with Gasteiger partial charge >= 0.3 is 0 Å². The number of carbonyl (C=O) groups is 1. The lowest BCUT2D eigenvalue weighted by molar-refractivity contribution is -0.111. The van der Waals surface area contributed by atoms with E-state index in [9.17, 15) is 4.79 Å². The number of carbonyl (C=O) groups excluding carboxylic acids is 1. The van der Waals surface area contributed by atoms with Gasteiger partial charge in [0.05, 0.1) is 11.2 Å². The van der Waals surface area contributed by atoms with Crippen LogP contribution in [0.4, 0.5) is 5.69 Å². The van der Waals surface area contributed by atoms with Crippen LogP contribution in [0.5, 0.6) is 0 Å². The molecule has 3 heterocycles. The van der Waals surface area contributed by atoms with E-state index in [4.69, 9.17) is 0 Å². The lowest BCUT2D eigenvalue weighted by Gasteiger charge is -2.31. The number of hydrogen-bond acceptors (Lipinski definition) is 4. The van der Waals surface area contributed by atoms with Gasteiger partial charge in [-0.25, -0.2) is 0 Å². The number of nitrogens with zero attached hydrogens (tertiary/aromatic N) is 3. The van der Waals surface area contributed by atoms with Crippen molar-refractivity contribution >= 4 is 38.9 Å². The number of aldehydes is 1. The van der Waals surface area contributed by atoms with Crippen LogP contribution in [0.3, 0.4) is 0 Å². The van der Waals surface area contributed by atoms with E-state index in [1.54, 1.807) is 6.20 Å². The Bertz CT molecular complexity index is 609. The molecular weight excluding hydrogens is 306 g/mol. The maximum atomic E-state index is 10.8. The average Bonchev–Trinajstić information content (AvgIpc) is 2.46. The number of anilines is 1. The molecular formula is C14H14BrN3O. The van der Waals surface area contributed by atoms with Crippen molar-refractivity contribution in [2.45, 2.75) is 12.8 Å². The molecule has 0 saturated carbocycles. The molecule has 0 N–H and O–H groups in total. The molecule has 0 atom stereocenters. The molecule has 2 aromatic rings. The molecule has 1 fully saturated rings. The first-order valence-electron chi connectivity index (χ1n) is 6.38. The Morgan fingerprint density at radius 3 is 2.84 bits per heavy atom. The number of piperidine rings is 1. The number of halogens is 1. The lowest BCUT2D eigenvalue weighted by atomic mass is 9.98. The van der Waals surface area contributed by atoms with Crippen LogP contribution in [0.1, 0.15) is 12.8 Å². The van der Waals surface area contributed by atoms with Crippen LogP contribution in [-0.4, -0.2) is 29.3 Å². The molecule has 0 bridgehead atoms. The molecule has 0 radical (unpaired) electrons. The molecule has 0 unspecified atom stereocenters. The van der Waals surface area contributed by atoms with Crippen molar-refractivity contribution in [3.05, 3.63) is 29.0 Å². The monoisotopic (exact) mass is 319 g/mol. The van der Waals surface area contributed by atoms with Crippen LogP contribution in [0.2, 0.25) is 0 Å². The van der Waals surface area contributed by atoms with Crippen molar-refractivity contribution in [2.75, 3.05) is 18.0 Å². The summed E-state index contributed by atoms with van der Waals surface area (Å²) in [4.78, 5) is 21.9. The van der Waals surface area contributed by atoms with E-state index in [-0.39, 0.29) is 5.92 Å². The van der Waals surface area contributed by atoms with Crippen molar-refractivity contribution in [1.29, 1.82) is 0 Å². The number of hydrogen-bond donors (Lipinski definition) is 0. The van der Waals surface area contributed by atoms with Crippen molar-refractivity contribution in [3.63, 3.8) is 0 Å². The van der Waals surface area contributed by atoms with Crippen LogP contribution >= 0.6 is 15.9 Å². The minimum absolute atomic E-state index is 0.214. The summed E-state index contributed by atoms with van der Waals surface area (Å²) in [6, 6.07) is 3.98. The maximum absolute atomic E-state index is 10.8. The van der Waals surface area contributed by atoms with E-state index in [0.29, 0.717) is 0 Å². The first-order valence-corrected chi connectivity index (χ1v) is 7.18. The molecule has 0 amide bonds. The van der Waals surface area contributed by atoms with Gasteiger partial charge in [0.1, 0.15) is 11.8 Å². The Hall–Kier alpha value is -1.49. The second kappa shape index (κ2) is 5.25. The normalized spacial score (nSPS) is 16.8. The molecule has 4 nitrogen and oxygen atoms in total. The molecule has 5 heteroatoms. The molecule has 1 aliphatic heterocycles. The van der Waals surface area contributed by atoms with Gasteiger partial charge in [0.2, 0.25) is 0 Å². The van der Waals surface area contributed by atoms with Gasteiger partial charge in [-0.2, -0.15) is 0 Å². The van der Waals surface area contributed by atoms with Crippen LogP contribution in [0.15, 0.2) is 29.0 Å². The van der Waals surface area contributed by atoms with E-state index in [1.807, 2.05) is 18.3 Å². The fourth-order valence-electron chi connectivity index (χ4n) is 2.52. The SMILES string of the molecule is O=CC1CCN(c2ccnc3cc(Br)cnc23)CC1. The summed E-state index contributed by atoms with van der Waals surface area (Å²) in [5.41, 5.74) is 2.93. The third-order valence-corrected chi connectivity index (χ3v) is 4.03. The smallest absolute Gasteiger partial charge is 0.123 e. The molecule has 1 saturated heterocycles. The number of fused-ring (bicyclic) bond motifs is 1. The third-order valence-electron chi connectivity index (χ3n) is 3.60. The van der Waals surface area contributed by atoms with Crippen LogP contribution in [0, 0.1) is 5.92 Å². The highest BCUT2D eigenvalue weighted by Crippen LogP contribution is 2.28. The van der Waals surface area contributed by atoms with Gasteiger partial charge in [-0.1, -0.05) is 0 Å². The Labute approximate surface area is 120 Å². The molecule has 0 spiro atoms. The minimum Gasteiger partial charge on any atom is -0.370 e. The summed E-state index contributed by atoms with van der Waals surface area (Å²) in [5, 5.41) is 0. The molecule has 19 heavy (non-hydrogen) atoms. The summed E-state index contributed by atoms with van der Waals surface area (Å²) < 4.78 is 0.935. The van der Waals surface area contributed by atoms with Gasteiger partial charge < -0.3 is 9.69 Å². The molecule has 98 valence electrons. The van der Waals surface area contributed by atoms with Gasteiger partial charge in [-0.15, -0.1) is 0 Å². The molecule has 3 rings (SSSR count). The molecule has 0 aromatic carbocycles. The fraction of sp³-hybridized carbons (Fsp3) is 0.357. The Morgan fingerprint density at radius 2 is 2.11 bits per heavy atom. The Morgan fingerprint density at radius 1 is 1.32 bits per heavy atom. The largest absolute Gasteiger partial charge is 0.370 e.